The number of likely N-dealkylation sites (tertiary alicyclic amines) is 1. The first-order valence-electron chi connectivity index (χ1n) is 11.2. The molecule has 1 saturated heterocycles. The van der Waals surface area contributed by atoms with Gasteiger partial charge in [-0.15, -0.1) is 0 Å². The number of nitrogens with one attached hydrogen (secondary N) is 1. The number of aromatic nitrogens is 2. The summed E-state index contributed by atoms with van der Waals surface area (Å²) in [4.78, 5) is 36.3. The van der Waals surface area contributed by atoms with Crippen molar-refractivity contribution < 1.29 is 18.7 Å². The van der Waals surface area contributed by atoms with Gasteiger partial charge >= 0.3 is 0 Å². The Morgan fingerprint density at radius 2 is 1.97 bits per heavy atom. The number of rotatable bonds is 6. The zero-order chi connectivity index (χ0) is 24.1. The monoisotopic (exact) mass is 462 g/mol. The molecule has 3 aromatic rings. The minimum Gasteiger partial charge on any atom is -0.494 e. The number of halogens is 1. The minimum absolute atomic E-state index is 0.0516. The van der Waals surface area contributed by atoms with Gasteiger partial charge in [-0.3, -0.25) is 19.6 Å². The maximum Gasteiger partial charge on any atom is 0.253 e. The molecule has 176 valence electrons. The fourth-order valence-corrected chi connectivity index (χ4v) is 4.20. The number of hydrogen-bond acceptors (Lipinski definition) is 5. The average molecular weight is 463 g/mol. The Kier molecular flexibility index (Phi) is 7.15. The van der Waals surface area contributed by atoms with E-state index in [1.165, 1.54) is 19.2 Å². The molecule has 34 heavy (non-hydrogen) atoms. The molecule has 1 fully saturated rings. The smallest absolute Gasteiger partial charge is 0.253 e. The highest BCUT2D eigenvalue weighted by molar-refractivity contribution is 5.96. The number of pyridine rings is 2. The highest BCUT2D eigenvalue weighted by Gasteiger charge is 2.28. The number of hydrogen-bond donors (Lipinski definition) is 1. The van der Waals surface area contributed by atoms with Crippen LogP contribution in [0, 0.1) is 12.7 Å². The molecule has 1 aliphatic rings. The second-order valence-electron chi connectivity index (χ2n) is 8.35. The molecular weight excluding hydrogens is 435 g/mol. The Balaban J connectivity index is 1.43. The molecular formula is C26H27FN4O3. The van der Waals surface area contributed by atoms with Crippen molar-refractivity contribution in [1.82, 2.24) is 20.2 Å². The number of ether oxygens (including phenoxy) is 1. The molecule has 0 unspecified atom stereocenters. The number of methoxy groups -OCH3 is 1. The number of carbonyl (C=O) groups is 2. The third-order valence-corrected chi connectivity index (χ3v) is 6.05. The van der Waals surface area contributed by atoms with Gasteiger partial charge < -0.3 is 15.0 Å². The Morgan fingerprint density at radius 1 is 1.18 bits per heavy atom. The van der Waals surface area contributed by atoms with E-state index in [2.05, 4.69) is 10.3 Å². The maximum atomic E-state index is 14.0. The van der Waals surface area contributed by atoms with E-state index in [0.717, 1.165) is 17.0 Å². The van der Waals surface area contributed by atoms with Gasteiger partial charge in [0, 0.05) is 49.2 Å². The molecule has 3 heterocycles. The van der Waals surface area contributed by atoms with Gasteiger partial charge in [0.15, 0.2) is 11.6 Å². The molecule has 4 rings (SSSR count). The summed E-state index contributed by atoms with van der Waals surface area (Å²) in [6, 6.07) is 11.6. The van der Waals surface area contributed by atoms with Crippen LogP contribution < -0.4 is 10.1 Å². The van der Waals surface area contributed by atoms with Crippen molar-refractivity contribution in [2.75, 3.05) is 20.2 Å². The van der Waals surface area contributed by atoms with Gasteiger partial charge in [0.25, 0.3) is 11.8 Å². The molecule has 0 radical (unpaired) electrons. The summed E-state index contributed by atoms with van der Waals surface area (Å²) in [5, 5.41) is 2.95. The van der Waals surface area contributed by atoms with Crippen molar-refractivity contribution in [1.29, 1.82) is 0 Å². The summed E-state index contributed by atoms with van der Waals surface area (Å²) in [6.45, 7) is 3.29. The number of carbonyl (C=O) groups excluding carboxylic acids is 2. The summed E-state index contributed by atoms with van der Waals surface area (Å²) in [5.41, 5.74) is 3.36. The second-order valence-corrected chi connectivity index (χ2v) is 8.35. The standard InChI is InChI=1S/C26H27FN4O3/c1-17-5-7-21(25(32)29-16-18-4-3-11-28-15-18)24(30-17)19-9-12-31(13-10-19)26(33)20-6-8-23(34-2)22(27)14-20/h3-8,11,14-15,19H,9-10,12-13,16H2,1-2H3,(H,29,32). The molecule has 2 amide bonds. The lowest BCUT2D eigenvalue weighted by Crippen LogP contribution is -2.38. The Bertz CT molecular complexity index is 1180. The quantitative estimate of drug-likeness (QED) is 0.601. The molecule has 1 N–H and O–H groups in total. The summed E-state index contributed by atoms with van der Waals surface area (Å²) in [7, 11) is 1.39. The van der Waals surface area contributed by atoms with Gasteiger partial charge in [0.05, 0.1) is 18.4 Å². The highest BCUT2D eigenvalue weighted by atomic mass is 19.1. The first-order valence-corrected chi connectivity index (χ1v) is 11.2. The lowest BCUT2D eigenvalue weighted by Gasteiger charge is -2.32. The number of amides is 2. The predicted octanol–water partition coefficient (Wildman–Crippen LogP) is 3.88. The van der Waals surface area contributed by atoms with Crippen molar-refractivity contribution in [2.45, 2.75) is 32.2 Å². The minimum atomic E-state index is -0.561. The van der Waals surface area contributed by atoms with E-state index in [-0.39, 0.29) is 23.5 Å². The van der Waals surface area contributed by atoms with E-state index in [1.807, 2.05) is 31.2 Å². The Morgan fingerprint density at radius 3 is 2.65 bits per heavy atom. The molecule has 8 heteroatoms. The molecule has 0 spiro atoms. The predicted molar refractivity (Wildman–Crippen MR) is 125 cm³/mol. The number of piperidine rings is 1. The van der Waals surface area contributed by atoms with Crippen LogP contribution in [0.15, 0.2) is 54.9 Å². The van der Waals surface area contributed by atoms with E-state index in [9.17, 15) is 14.0 Å². The van der Waals surface area contributed by atoms with Crippen molar-refractivity contribution >= 4 is 11.8 Å². The third-order valence-electron chi connectivity index (χ3n) is 6.05. The normalized spacial score (nSPS) is 14.0. The lowest BCUT2D eigenvalue weighted by atomic mass is 9.89. The molecule has 0 aliphatic carbocycles. The van der Waals surface area contributed by atoms with E-state index in [1.54, 1.807) is 23.4 Å². The first-order chi connectivity index (χ1) is 16.5. The van der Waals surface area contributed by atoms with Gasteiger partial charge in [0.1, 0.15) is 0 Å². The second kappa shape index (κ2) is 10.4. The van der Waals surface area contributed by atoms with Crippen LogP contribution in [0.1, 0.15) is 56.4 Å². The van der Waals surface area contributed by atoms with Gasteiger partial charge in [-0.25, -0.2) is 4.39 Å². The number of nitrogens with zero attached hydrogens (tertiary/aromatic N) is 3. The van der Waals surface area contributed by atoms with Crippen LogP contribution in [-0.2, 0) is 6.54 Å². The summed E-state index contributed by atoms with van der Waals surface area (Å²) in [5.74, 6) is -0.801. The third kappa shape index (κ3) is 5.22. The molecule has 1 aromatic carbocycles. The Labute approximate surface area is 198 Å². The van der Waals surface area contributed by atoms with Crippen LogP contribution in [0.3, 0.4) is 0 Å². The maximum absolute atomic E-state index is 14.0. The zero-order valence-electron chi connectivity index (χ0n) is 19.3. The van der Waals surface area contributed by atoms with E-state index < -0.39 is 5.82 Å². The fourth-order valence-electron chi connectivity index (χ4n) is 4.20. The summed E-state index contributed by atoms with van der Waals surface area (Å²) < 4.78 is 19.0. The van der Waals surface area contributed by atoms with Gasteiger partial charge in [0.2, 0.25) is 0 Å². The van der Waals surface area contributed by atoms with Crippen LogP contribution in [0.4, 0.5) is 4.39 Å². The first kappa shape index (κ1) is 23.4. The summed E-state index contributed by atoms with van der Waals surface area (Å²) in [6.07, 6.45) is 4.75. The Hall–Kier alpha value is -3.81. The highest BCUT2D eigenvalue weighted by Crippen LogP contribution is 2.30. The van der Waals surface area contributed by atoms with Crippen LogP contribution in [0.5, 0.6) is 5.75 Å². The largest absolute Gasteiger partial charge is 0.494 e. The van der Waals surface area contributed by atoms with Gasteiger partial charge in [-0.2, -0.15) is 0 Å². The number of aryl methyl sites for hydroxylation is 1. The summed E-state index contributed by atoms with van der Waals surface area (Å²) >= 11 is 0. The number of benzene rings is 1. The SMILES string of the molecule is COc1ccc(C(=O)N2CCC(c3nc(C)ccc3C(=O)NCc3cccnc3)CC2)cc1F. The fraction of sp³-hybridized carbons (Fsp3) is 0.308. The van der Waals surface area contributed by atoms with Crippen molar-refractivity contribution in [3.05, 3.63) is 88.8 Å². The zero-order valence-corrected chi connectivity index (χ0v) is 19.3. The van der Waals surface area contributed by atoms with E-state index in [0.29, 0.717) is 43.6 Å². The molecule has 1 aliphatic heterocycles. The average Bonchev–Trinajstić information content (AvgIpc) is 2.87. The van der Waals surface area contributed by atoms with E-state index >= 15 is 0 Å². The molecule has 0 atom stereocenters. The van der Waals surface area contributed by atoms with Crippen molar-refractivity contribution in [3.8, 4) is 5.75 Å². The van der Waals surface area contributed by atoms with Crippen LogP contribution in [0.2, 0.25) is 0 Å². The van der Waals surface area contributed by atoms with Gasteiger partial charge in [-0.1, -0.05) is 6.07 Å². The molecule has 7 nitrogen and oxygen atoms in total. The molecule has 0 saturated carbocycles. The molecule has 2 aromatic heterocycles. The topological polar surface area (TPSA) is 84.4 Å². The van der Waals surface area contributed by atoms with Crippen LogP contribution in [-0.4, -0.2) is 46.9 Å². The van der Waals surface area contributed by atoms with Crippen molar-refractivity contribution in [3.63, 3.8) is 0 Å². The van der Waals surface area contributed by atoms with Crippen molar-refractivity contribution in [2.24, 2.45) is 0 Å². The van der Waals surface area contributed by atoms with Gasteiger partial charge in [-0.05, 0) is 61.7 Å². The van der Waals surface area contributed by atoms with Crippen LogP contribution >= 0.6 is 0 Å². The van der Waals surface area contributed by atoms with Crippen LogP contribution in [0.25, 0.3) is 0 Å². The van der Waals surface area contributed by atoms with E-state index in [4.69, 9.17) is 9.72 Å². The molecule has 0 bridgehead atoms. The lowest BCUT2D eigenvalue weighted by molar-refractivity contribution is 0.0710.